The number of sulfonamides is 1. The Morgan fingerprint density at radius 1 is 0.938 bits per heavy atom. The Kier molecular flexibility index (Phi) is 9.80. The second kappa shape index (κ2) is 12.3. The van der Waals surface area contributed by atoms with E-state index in [0.29, 0.717) is 42.6 Å². The third kappa shape index (κ3) is 7.13. The minimum Gasteiger partial charge on any atom is -0.490 e. The van der Waals surface area contributed by atoms with Crippen LogP contribution in [0.2, 0.25) is 0 Å². The molecule has 0 aliphatic rings. The zero-order chi connectivity index (χ0) is 23.6. The third-order valence-electron chi connectivity index (χ3n) is 4.67. The molecule has 0 radical (unpaired) electrons. The number of nitrogens with one attached hydrogen (secondary N) is 2. The van der Waals surface area contributed by atoms with E-state index in [-0.39, 0.29) is 17.3 Å². The monoisotopic (exact) mass is 463 g/mol. The second-order valence-corrected chi connectivity index (χ2v) is 9.18. The number of hydrogen-bond donors (Lipinski definition) is 2. The number of ether oxygens (including phenoxy) is 2. The first kappa shape index (κ1) is 25.5. The fourth-order valence-corrected chi connectivity index (χ4v) is 4.15. The van der Waals surface area contributed by atoms with Gasteiger partial charge in [0.15, 0.2) is 11.5 Å². The van der Waals surface area contributed by atoms with Gasteiger partial charge in [-0.25, -0.2) is 12.7 Å². The molecular formula is C23H33N3O5S. The van der Waals surface area contributed by atoms with Gasteiger partial charge >= 0.3 is 0 Å². The van der Waals surface area contributed by atoms with Gasteiger partial charge in [-0.15, -0.1) is 0 Å². The molecule has 32 heavy (non-hydrogen) atoms. The molecule has 9 heteroatoms. The predicted molar refractivity (Wildman–Crippen MR) is 127 cm³/mol. The Bertz CT molecular complexity index is 978. The summed E-state index contributed by atoms with van der Waals surface area (Å²) < 4.78 is 37.6. The Labute approximate surface area is 191 Å². The van der Waals surface area contributed by atoms with Crippen LogP contribution in [0.1, 0.15) is 33.6 Å². The molecule has 0 heterocycles. The summed E-state index contributed by atoms with van der Waals surface area (Å²) in [5.41, 5.74) is 1.25. The van der Waals surface area contributed by atoms with Gasteiger partial charge in [0.25, 0.3) is 0 Å². The van der Waals surface area contributed by atoms with E-state index in [9.17, 15) is 13.2 Å². The van der Waals surface area contributed by atoms with E-state index in [1.165, 1.54) is 4.31 Å². The number of carbonyl (C=O) groups is 1. The number of nitrogens with zero attached hydrogens (tertiary/aromatic N) is 1. The fraction of sp³-hybridized carbons (Fsp3) is 0.435. The van der Waals surface area contributed by atoms with Crippen LogP contribution < -0.4 is 20.1 Å². The number of benzene rings is 2. The number of amides is 1. The van der Waals surface area contributed by atoms with Crippen LogP contribution in [-0.4, -0.2) is 52.0 Å². The molecule has 0 atom stereocenters. The van der Waals surface area contributed by atoms with Gasteiger partial charge in [-0.3, -0.25) is 4.79 Å². The lowest BCUT2D eigenvalue weighted by atomic mass is 10.2. The highest BCUT2D eigenvalue weighted by atomic mass is 32.2. The highest BCUT2D eigenvalue weighted by Crippen LogP contribution is 2.30. The lowest BCUT2D eigenvalue weighted by molar-refractivity contribution is -0.114. The molecule has 0 spiro atoms. The van der Waals surface area contributed by atoms with Gasteiger partial charge in [0.05, 0.1) is 24.7 Å². The van der Waals surface area contributed by atoms with E-state index in [2.05, 4.69) is 10.6 Å². The van der Waals surface area contributed by atoms with E-state index < -0.39 is 10.0 Å². The van der Waals surface area contributed by atoms with Crippen LogP contribution in [0.5, 0.6) is 11.5 Å². The fourth-order valence-electron chi connectivity index (χ4n) is 2.94. The molecule has 2 aromatic carbocycles. The predicted octanol–water partition coefficient (Wildman–Crippen LogP) is 3.96. The Hall–Kier alpha value is -2.78. The molecule has 2 N–H and O–H groups in total. The molecule has 0 aromatic heterocycles. The molecule has 2 aromatic rings. The molecule has 0 saturated carbocycles. The van der Waals surface area contributed by atoms with Crippen LogP contribution in [0.4, 0.5) is 11.4 Å². The van der Waals surface area contributed by atoms with Crippen LogP contribution in [0, 0.1) is 0 Å². The van der Waals surface area contributed by atoms with Crippen molar-refractivity contribution in [1.82, 2.24) is 4.31 Å². The molecule has 0 aliphatic carbocycles. The van der Waals surface area contributed by atoms with E-state index in [1.54, 1.807) is 49.5 Å². The van der Waals surface area contributed by atoms with Crippen molar-refractivity contribution < 1.29 is 22.7 Å². The molecule has 2 rings (SSSR count). The van der Waals surface area contributed by atoms with Gasteiger partial charge in [0.1, 0.15) is 0 Å². The SMILES string of the molecule is CCCCN(C)S(=O)(=O)c1ccc(NCC(=O)Nc2ccc(OCC)c(OCC)c2)cc1. The summed E-state index contributed by atoms with van der Waals surface area (Å²) in [4.78, 5) is 12.6. The highest BCUT2D eigenvalue weighted by molar-refractivity contribution is 7.89. The average Bonchev–Trinajstić information content (AvgIpc) is 2.78. The molecule has 0 bridgehead atoms. The summed E-state index contributed by atoms with van der Waals surface area (Å²) >= 11 is 0. The maximum absolute atomic E-state index is 12.6. The third-order valence-corrected chi connectivity index (χ3v) is 6.54. The lowest BCUT2D eigenvalue weighted by Crippen LogP contribution is -2.28. The van der Waals surface area contributed by atoms with Crippen LogP contribution >= 0.6 is 0 Å². The van der Waals surface area contributed by atoms with Crippen molar-refractivity contribution in [3.05, 3.63) is 42.5 Å². The quantitative estimate of drug-likeness (QED) is 0.467. The molecule has 0 aliphatic heterocycles. The van der Waals surface area contributed by atoms with Crippen LogP contribution in [-0.2, 0) is 14.8 Å². The van der Waals surface area contributed by atoms with E-state index in [4.69, 9.17) is 9.47 Å². The molecule has 0 unspecified atom stereocenters. The minimum atomic E-state index is -3.51. The molecule has 1 amide bonds. The molecule has 176 valence electrons. The minimum absolute atomic E-state index is 0.0275. The second-order valence-electron chi connectivity index (χ2n) is 7.13. The first-order valence-corrected chi connectivity index (χ1v) is 12.3. The zero-order valence-electron chi connectivity index (χ0n) is 19.2. The van der Waals surface area contributed by atoms with Gasteiger partial charge in [-0.05, 0) is 56.7 Å². The lowest BCUT2D eigenvalue weighted by Gasteiger charge is -2.17. The number of hydrogen-bond acceptors (Lipinski definition) is 6. The van der Waals surface area contributed by atoms with Crippen LogP contribution in [0.15, 0.2) is 47.4 Å². The highest BCUT2D eigenvalue weighted by Gasteiger charge is 2.20. The van der Waals surface area contributed by atoms with Crippen LogP contribution in [0.25, 0.3) is 0 Å². The normalized spacial score (nSPS) is 11.3. The summed E-state index contributed by atoms with van der Waals surface area (Å²) in [5.74, 6) is 0.953. The topological polar surface area (TPSA) is 97.0 Å². The smallest absolute Gasteiger partial charge is 0.243 e. The first-order chi connectivity index (χ1) is 15.3. The summed E-state index contributed by atoms with van der Waals surface area (Å²) in [6, 6.07) is 11.6. The van der Waals surface area contributed by atoms with Crippen molar-refractivity contribution >= 4 is 27.3 Å². The van der Waals surface area contributed by atoms with Crippen molar-refractivity contribution in [2.45, 2.75) is 38.5 Å². The maximum atomic E-state index is 12.6. The van der Waals surface area contributed by atoms with Crippen molar-refractivity contribution in [3.8, 4) is 11.5 Å². The Morgan fingerprint density at radius 2 is 1.56 bits per heavy atom. The molecule has 8 nitrogen and oxygen atoms in total. The van der Waals surface area contributed by atoms with Crippen molar-refractivity contribution in [3.63, 3.8) is 0 Å². The van der Waals surface area contributed by atoms with E-state index in [0.717, 1.165) is 12.8 Å². The maximum Gasteiger partial charge on any atom is 0.243 e. The van der Waals surface area contributed by atoms with E-state index >= 15 is 0 Å². The zero-order valence-corrected chi connectivity index (χ0v) is 20.0. The Balaban J connectivity index is 1.95. The average molecular weight is 464 g/mol. The van der Waals surface area contributed by atoms with Crippen LogP contribution in [0.3, 0.4) is 0 Å². The summed E-state index contributed by atoms with van der Waals surface area (Å²) in [6.07, 6.45) is 1.74. The summed E-state index contributed by atoms with van der Waals surface area (Å²) in [5, 5.41) is 5.81. The first-order valence-electron chi connectivity index (χ1n) is 10.8. The van der Waals surface area contributed by atoms with Gasteiger partial charge in [0.2, 0.25) is 15.9 Å². The van der Waals surface area contributed by atoms with Crippen molar-refractivity contribution in [1.29, 1.82) is 0 Å². The van der Waals surface area contributed by atoms with Crippen molar-refractivity contribution in [2.24, 2.45) is 0 Å². The number of unbranched alkanes of at least 4 members (excludes halogenated alkanes) is 1. The van der Waals surface area contributed by atoms with E-state index in [1.807, 2.05) is 20.8 Å². The van der Waals surface area contributed by atoms with Crippen molar-refractivity contribution in [2.75, 3.05) is 44.0 Å². The van der Waals surface area contributed by atoms with Gasteiger partial charge in [0, 0.05) is 31.0 Å². The molecular weight excluding hydrogens is 430 g/mol. The number of rotatable bonds is 13. The number of carbonyl (C=O) groups excluding carboxylic acids is 1. The van der Waals surface area contributed by atoms with Gasteiger partial charge in [-0.1, -0.05) is 13.3 Å². The van der Waals surface area contributed by atoms with Gasteiger partial charge < -0.3 is 20.1 Å². The molecule has 0 fully saturated rings. The molecule has 0 saturated heterocycles. The summed E-state index contributed by atoms with van der Waals surface area (Å²) in [6.45, 7) is 7.30. The number of anilines is 2. The Morgan fingerprint density at radius 3 is 2.19 bits per heavy atom. The largest absolute Gasteiger partial charge is 0.490 e. The summed E-state index contributed by atoms with van der Waals surface area (Å²) in [7, 11) is -1.93. The van der Waals surface area contributed by atoms with Gasteiger partial charge in [-0.2, -0.15) is 0 Å². The standard InChI is InChI=1S/C23H33N3O5S/c1-5-8-15-26(4)32(28,29)20-12-9-18(10-13-20)24-17-23(27)25-19-11-14-21(30-6-2)22(16-19)31-7-3/h9-14,16,24H,5-8,15,17H2,1-4H3,(H,25,27).